The molecule has 1 aromatic rings. The number of hydrogen-bond acceptors (Lipinski definition) is 4. The van der Waals surface area contributed by atoms with Crippen molar-refractivity contribution in [2.75, 3.05) is 33.5 Å². The zero-order valence-electron chi connectivity index (χ0n) is 10.5. The topological polar surface area (TPSA) is 53.7 Å². The minimum Gasteiger partial charge on any atom is -0.494 e. The molecule has 0 amide bonds. The van der Waals surface area contributed by atoms with Crippen LogP contribution >= 0.6 is 0 Å². The molecule has 1 aromatic carbocycles. The number of ether oxygens (including phenoxy) is 3. The molecule has 0 radical (unpaired) electrons. The average Bonchev–Trinajstić information content (AvgIpc) is 2.35. The largest absolute Gasteiger partial charge is 0.494 e. The van der Waals surface area contributed by atoms with Gasteiger partial charge in [0, 0.05) is 12.7 Å². The van der Waals surface area contributed by atoms with Crippen molar-refractivity contribution in [3.05, 3.63) is 29.8 Å². The van der Waals surface area contributed by atoms with Crippen molar-refractivity contribution in [2.45, 2.75) is 13.0 Å². The first-order valence-electron chi connectivity index (χ1n) is 5.83. The summed E-state index contributed by atoms with van der Waals surface area (Å²) in [5.74, 6) is 0.831. The van der Waals surface area contributed by atoms with Gasteiger partial charge in [0.1, 0.15) is 5.75 Å². The van der Waals surface area contributed by atoms with E-state index in [9.17, 15) is 0 Å². The lowest BCUT2D eigenvalue weighted by molar-refractivity contribution is 0.0632. The Morgan fingerprint density at radius 1 is 1.24 bits per heavy atom. The predicted molar refractivity (Wildman–Crippen MR) is 67.2 cm³/mol. The number of benzene rings is 1. The van der Waals surface area contributed by atoms with Crippen molar-refractivity contribution >= 4 is 0 Å². The molecule has 0 aromatic heterocycles. The zero-order chi connectivity index (χ0) is 12.5. The van der Waals surface area contributed by atoms with E-state index in [1.165, 1.54) is 0 Å². The van der Waals surface area contributed by atoms with Crippen molar-refractivity contribution < 1.29 is 14.2 Å². The molecular formula is C13H21NO3. The fourth-order valence-electron chi connectivity index (χ4n) is 1.52. The van der Waals surface area contributed by atoms with Gasteiger partial charge in [-0.15, -0.1) is 0 Å². The van der Waals surface area contributed by atoms with E-state index in [0.29, 0.717) is 26.4 Å². The van der Waals surface area contributed by atoms with Gasteiger partial charge < -0.3 is 19.9 Å². The van der Waals surface area contributed by atoms with Crippen molar-refractivity contribution in [2.24, 2.45) is 5.73 Å². The van der Waals surface area contributed by atoms with E-state index in [1.54, 1.807) is 7.11 Å². The molecule has 0 bridgehead atoms. The molecule has 0 saturated carbocycles. The fourth-order valence-corrected chi connectivity index (χ4v) is 1.52. The van der Waals surface area contributed by atoms with Crippen LogP contribution in [0.3, 0.4) is 0 Å². The van der Waals surface area contributed by atoms with Gasteiger partial charge >= 0.3 is 0 Å². The van der Waals surface area contributed by atoms with Crippen LogP contribution in [0, 0.1) is 0 Å². The maximum Gasteiger partial charge on any atom is 0.124 e. The van der Waals surface area contributed by atoms with Crippen LogP contribution in [-0.4, -0.2) is 33.5 Å². The van der Waals surface area contributed by atoms with E-state index in [-0.39, 0.29) is 6.04 Å². The number of methoxy groups -OCH3 is 1. The zero-order valence-corrected chi connectivity index (χ0v) is 10.5. The lowest BCUT2D eigenvalue weighted by Crippen LogP contribution is -2.19. The SMILES string of the molecule is CCOc1ccccc1C(N)COCCOC. The highest BCUT2D eigenvalue weighted by Crippen LogP contribution is 2.23. The van der Waals surface area contributed by atoms with E-state index < -0.39 is 0 Å². The molecule has 17 heavy (non-hydrogen) atoms. The molecule has 0 aliphatic carbocycles. The van der Waals surface area contributed by atoms with Crippen molar-refractivity contribution in [3.8, 4) is 5.75 Å². The highest BCUT2D eigenvalue weighted by Gasteiger charge is 2.11. The highest BCUT2D eigenvalue weighted by atomic mass is 16.5. The quantitative estimate of drug-likeness (QED) is 0.702. The number of hydrogen-bond donors (Lipinski definition) is 1. The third-order valence-electron chi connectivity index (χ3n) is 2.35. The molecule has 0 spiro atoms. The molecule has 96 valence electrons. The standard InChI is InChI=1S/C13H21NO3/c1-3-17-13-7-5-4-6-11(13)12(14)10-16-9-8-15-2/h4-7,12H,3,8-10,14H2,1-2H3. The van der Waals surface area contributed by atoms with Crippen LogP contribution in [0.4, 0.5) is 0 Å². The monoisotopic (exact) mass is 239 g/mol. The minimum atomic E-state index is -0.172. The van der Waals surface area contributed by atoms with Gasteiger partial charge in [-0.05, 0) is 13.0 Å². The Kier molecular flexibility index (Phi) is 6.62. The summed E-state index contributed by atoms with van der Waals surface area (Å²) in [7, 11) is 1.65. The second-order valence-electron chi connectivity index (χ2n) is 3.65. The second-order valence-corrected chi connectivity index (χ2v) is 3.65. The van der Waals surface area contributed by atoms with E-state index in [1.807, 2.05) is 31.2 Å². The molecule has 4 nitrogen and oxygen atoms in total. The molecule has 0 heterocycles. The molecule has 0 aliphatic heterocycles. The van der Waals surface area contributed by atoms with Gasteiger partial charge in [-0.3, -0.25) is 0 Å². The lowest BCUT2D eigenvalue weighted by Gasteiger charge is -2.16. The summed E-state index contributed by atoms with van der Waals surface area (Å²) in [6.45, 7) is 4.19. The molecule has 1 rings (SSSR count). The molecule has 2 N–H and O–H groups in total. The fraction of sp³-hybridized carbons (Fsp3) is 0.538. The van der Waals surface area contributed by atoms with Crippen LogP contribution in [0.15, 0.2) is 24.3 Å². The normalized spacial score (nSPS) is 12.4. The van der Waals surface area contributed by atoms with Crippen LogP contribution in [0.25, 0.3) is 0 Å². The molecule has 0 aliphatic rings. The molecular weight excluding hydrogens is 218 g/mol. The van der Waals surface area contributed by atoms with Gasteiger partial charge in [-0.25, -0.2) is 0 Å². The Morgan fingerprint density at radius 2 is 2.00 bits per heavy atom. The van der Waals surface area contributed by atoms with Crippen LogP contribution in [0.2, 0.25) is 0 Å². The van der Waals surface area contributed by atoms with Gasteiger partial charge in [-0.1, -0.05) is 18.2 Å². The first-order chi connectivity index (χ1) is 8.29. The first kappa shape index (κ1) is 14.0. The van der Waals surface area contributed by atoms with Crippen molar-refractivity contribution in [3.63, 3.8) is 0 Å². The smallest absolute Gasteiger partial charge is 0.124 e. The van der Waals surface area contributed by atoms with E-state index in [2.05, 4.69) is 0 Å². The van der Waals surface area contributed by atoms with Crippen LogP contribution in [-0.2, 0) is 9.47 Å². The third-order valence-corrected chi connectivity index (χ3v) is 2.35. The lowest BCUT2D eigenvalue weighted by atomic mass is 10.1. The maximum absolute atomic E-state index is 6.06. The molecule has 0 saturated heterocycles. The summed E-state index contributed by atoms with van der Waals surface area (Å²) in [6.07, 6.45) is 0. The summed E-state index contributed by atoms with van der Waals surface area (Å²) < 4.78 is 15.8. The summed E-state index contributed by atoms with van der Waals surface area (Å²) in [4.78, 5) is 0. The van der Waals surface area contributed by atoms with Crippen LogP contribution < -0.4 is 10.5 Å². The number of rotatable bonds is 8. The van der Waals surface area contributed by atoms with Crippen LogP contribution in [0.5, 0.6) is 5.75 Å². The Balaban J connectivity index is 2.52. The Labute approximate surface area is 103 Å². The van der Waals surface area contributed by atoms with Gasteiger partial charge in [-0.2, -0.15) is 0 Å². The molecule has 0 fully saturated rings. The maximum atomic E-state index is 6.06. The average molecular weight is 239 g/mol. The third kappa shape index (κ3) is 4.73. The molecule has 1 unspecified atom stereocenters. The van der Waals surface area contributed by atoms with Crippen LogP contribution in [0.1, 0.15) is 18.5 Å². The van der Waals surface area contributed by atoms with Gasteiger partial charge in [0.05, 0.1) is 32.5 Å². The van der Waals surface area contributed by atoms with E-state index in [0.717, 1.165) is 11.3 Å². The summed E-state index contributed by atoms with van der Waals surface area (Å²) in [5.41, 5.74) is 7.04. The summed E-state index contributed by atoms with van der Waals surface area (Å²) >= 11 is 0. The van der Waals surface area contributed by atoms with E-state index >= 15 is 0 Å². The molecule has 4 heteroatoms. The summed E-state index contributed by atoms with van der Waals surface area (Å²) in [5, 5.41) is 0. The van der Waals surface area contributed by atoms with Gasteiger partial charge in [0.25, 0.3) is 0 Å². The number of nitrogens with two attached hydrogens (primary N) is 1. The second kappa shape index (κ2) is 8.06. The highest BCUT2D eigenvalue weighted by molar-refractivity contribution is 5.35. The molecule has 1 atom stereocenters. The van der Waals surface area contributed by atoms with Crippen molar-refractivity contribution in [1.82, 2.24) is 0 Å². The Bertz CT molecular complexity index is 317. The first-order valence-corrected chi connectivity index (χ1v) is 5.83. The van der Waals surface area contributed by atoms with Gasteiger partial charge in [0.2, 0.25) is 0 Å². The Hall–Kier alpha value is -1.10. The predicted octanol–water partition coefficient (Wildman–Crippen LogP) is 1.75. The van der Waals surface area contributed by atoms with Crippen molar-refractivity contribution in [1.29, 1.82) is 0 Å². The minimum absolute atomic E-state index is 0.172. The Morgan fingerprint density at radius 3 is 2.71 bits per heavy atom. The number of para-hydroxylation sites is 1. The van der Waals surface area contributed by atoms with E-state index in [4.69, 9.17) is 19.9 Å². The van der Waals surface area contributed by atoms with Gasteiger partial charge in [0.15, 0.2) is 0 Å². The summed E-state index contributed by atoms with van der Waals surface area (Å²) in [6, 6.07) is 7.61.